The molecule has 0 atom stereocenters. The normalized spacial score (nSPS) is 11.8. The first kappa shape index (κ1) is 30.1. The molecule has 0 aliphatic heterocycles. The fourth-order valence-corrected chi connectivity index (χ4v) is 5.11. The molecular formula is C28H34N3O9P. The molecule has 3 heterocycles. The number of rotatable bonds is 16. The van der Waals surface area contributed by atoms with Gasteiger partial charge in [-0.2, -0.15) is 0 Å². The Hall–Kier alpha value is -3.83. The smallest absolute Gasteiger partial charge is 0.354 e. The third kappa shape index (κ3) is 7.89. The first-order valence-electron chi connectivity index (χ1n) is 13.1. The fraction of sp³-hybridized carbons (Fsp3) is 0.357. The summed E-state index contributed by atoms with van der Waals surface area (Å²) in [6.07, 6.45) is 4.83. The zero-order valence-electron chi connectivity index (χ0n) is 23.4. The number of oxazole rings is 1. The van der Waals surface area contributed by atoms with Crippen LogP contribution in [0.4, 0.5) is 0 Å². The summed E-state index contributed by atoms with van der Waals surface area (Å²) in [5.41, 5.74) is 2.00. The maximum Gasteiger partial charge on any atom is 0.354 e. The second-order valence-electron chi connectivity index (χ2n) is 8.63. The van der Waals surface area contributed by atoms with Crippen LogP contribution in [0.5, 0.6) is 17.4 Å². The van der Waals surface area contributed by atoms with E-state index in [1.807, 2.05) is 13.0 Å². The number of aliphatic hydroxyl groups excluding tert-OH is 1. The van der Waals surface area contributed by atoms with Crippen LogP contribution in [0.3, 0.4) is 0 Å². The van der Waals surface area contributed by atoms with Crippen LogP contribution < -0.4 is 14.2 Å². The minimum absolute atomic E-state index is 0.0999. The second kappa shape index (κ2) is 14.2. The van der Waals surface area contributed by atoms with E-state index in [-0.39, 0.29) is 39.6 Å². The minimum Gasteiger partial charge on any atom is -0.493 e. The second-order valence-corrected chi connectivity index (χ2v) is 10.5. The van der Waals surface area contributed by atoms with Gasteiger partial charge in [0, 0.05) is 12.0 Å². The summed E-state index contributed by atoms with van der Waals surface area (Å²) in [4.78, 5) is 4.47. The minimum atomic E-state index is -3.42. The highest BCUT2D eigenvalue weighted by molar-refractivity contribution is 7.57. The Bertz CT molecular complexity index is 1470. The van der Waals surface area contributed by atoms with E-state index in [1.54, 1.807) is 68.4 Å². The topological polar surface area (TPSA) is 140 Å². The standard InChI is InChI=1S/C28H34N3O9P/c1-5-38-41(33,39-6-2)15-11-22-17-31(12-13-32)30-27(22)37-18-21-9-10-24(26(16-21)34-4)36-19-23-20(3)40-28(29-23)25-8-7-14-35-25/h7-11,14-17,32H,5-6,12-13,18-19H2,1-4H3/b15-11+. The van der Waals surface area contributed by atoms with Crippen molar-refractivity contribution >= 4 is 13.7 Å². The Morgan fingerprint density at radius 3 is 2.59 bits per heavy atom. The van der Waals surface area contributed by atoms with Gasteiger partial charge in [-0.3, -0.25) is 9.25 Å². The summed E-state index contributed by atoms with van der Waals surface area (Å²) in [5.74, 6) is 4.28. The summed E-state index contributed by atoms with van der Waals surface area (Å²) >= 11 is 0. The number of aromatic nitrogens is 3. The Labute approximate surface area is 238 Å². The van der Waals surface area contributed by atoms with E-state index in [0.29, 0.717) is 46.0 Å². The summed E-state index contributed by atoms with van der Waals surface area (Å²) in [7, 11) is -1.86. The highest BCUT2D eigenvalue weighted by Gasteiger charge is 2.20. The van der Waals surface area contributed by atoms with Crippen molar-refractivity contribution in [3.8, 4) is 29.0 Å². The van der Waals surface area contributed by atoms with Crippen LogP contribution in [0.2, 0.25) is 0 Å². The van der Waals surface area contributed by atoms with Crippen LogP contribution >= 0.6 is 7.60 Å². The van der Waals surface area contributed by atoms with Crippen molar-refractivity contribution in [2.45, 2.75) is 40.5 Å². The van der Waals surface area contributed by atoms with Crippen molar-refractivity contribution in [1.29, 1.82) is 0 Å². The lowest BCUT2D eigenvalue weighted by atomic mass is 10.2. The summed E-state index contributed by atoms with van der Waals surface area (Å²) in [6, 6.07) is 8.98. The molecule has 0 aliphatic carbocycles. The molecule has 1 aromatic carbocycles. The quantitative estimate of drug-likeness (QED) is 0.158. The molecule has 0 radical (unpaired) electrons. The van der Waals surface area contributed by atoms with Crippen molar-refractivity contribution in [3.63, 3.8) is 0 Å². The van der Waals surface area contributed by atoms with Gasteiger partial charge in [0.15, 0.2) is 17.3 Å². The molecule has 0 spiro atoms. The Morgan fingerprint density at radius 2 is 1.90 bits per heavy atom. The molecule has 0 fully saturated rings. The highest BCUT2D eigenvalue weighted by atomic mass is 31.2. The zero-order valence-corrected chi connectivity index (χ0v) is 24.3. The van der Waals surface area contributed by atoms with E-state index >= 15 is 0 Å². The number of aliphatic hydroxyl groups is 1. The van der Waals surface area contributed by atoms with Crippen molar-refractivity contribution < 1.29 is 41.8 Å². The predicted octanol–water partition coefficient (Wildman–Crippen LogP) is 5.84. The summed E-state index contributed by atoms with van der Waals surface area (Å²) in [6.45, 7) is 6.28. The number of hydrogen-bond acceptors (Lipinski definition) is 11. The molecule has 0 bridgehead atoms. The van der Waals surface area contributed by atoms with Gasteiger partial charge in [-0.1, -0.05) is 6.07 Å². The van der Waals surface area contributed by atoms with Gasteiger partial charge in [0.05, 0.1) is 45.3 Å². The molecule has 4 aromatic rings. The molecule has 0 unspecified atom stereocenters. The molecule has 4 rings (SSSR count). The molecule has 1 N–H and O–H groups in total. The van der Waals surface area contributed by atoms with Crippen molar-refractivity contribution in [2.24, 2.45) is 0 Å². The van der Waals surface area contributed by atoms with Crippen LogP contribution in [-0.4, -0.2) is 46.8 Å². The third-order valence-electron chi connectivity index (χ3n) is 5.73. The molecule has 3 aromatic heterocycles. The predicted molar refractivity (Wildman–Crippen MR) is 150 cm³/mol. The van der Waals surface area contributed by atoms with Gasteiger partial charge < -0.3 is 37.2 Å². The average molecular weight is 588 g/mol. The van der Waals surface area contributed by atoms with E-state index in [9.17, 15) is 9.67 Å². The molecule has 0 amide bonds. The van der Waals surface area contributed by atoms with Crippen molar-refractivity contribution in [1.82, 2.24) is 14.8 Å². The van der Waals surface area contributed by atoms with Crippen LogP contribution in [0.25, 0.3) is 17.7 Å². The Morgan fingerprint density at radius 1 is 1.10 bits per heavy atom. The molecular weight excluding hydrogens is 553 g/mol. The first-order valence-corrected chi connectivity index (χ1v) is 14.7. The lowest BCUT2D eigenvalue weighted by Crippen LogP contribution is -2.04. The summed E-state index contributed by atoms with van der Waals surface area (Å²) < 4.78 is 53.6. The number of aryl methyl sites for hydroxylation is 1. The molecule has 0 aliphatic rings. The van der Waals surface area contributed by atoms with Crippen LogP contribution in [0, 0.1) is 6.92 Å². The van der Waals surface area contributed by atoms with Gasteiger partial charge in [0.2, 0.25) is 5.88 Å². The monoisotopic (exact) mass is 587 g/mol. The van der Waals surface area contributed by atoms with Gasteiger partial charge >= 0.3 is 7.60 Å². The van der Waals surface area contributed by atoms with E-state index in [0.717, 1.165) is 5.56 Å². The molecule has 41 heavy (non-hydrogen) atoms. The average Bonchev–Trinajstić information content (AvgIpc) is 3.71. The van der Waals surface area contributed by atoms with Gasteiger partial charge in [-0.15, -0.1) is 5.10 Å². The third-order valence-corrected chi connectivity index (χ3v) is 7.48. The van der Waals surface area contributed by atoms with Gasteiger partial charge in [-0.05, 0) is 56.7 Å². The molecule has 12 nitrogen and oxygen atoms in total. The van der Waals surface area contributed by atoms with Crippen LogP contribution in [0.15, 0.2) is 57.4 Å². The number of hydrogen-bond donors (Lipinski definition) is 1. The van der Waals surface area contributed by atoms with Gasteiger partial charge in [-0.25, -0.2) is 4.98 Å². The van der Waals surface area contributed by atoms with E-state index in [4.69, 9.17) is 32.1 Å². The number of methoxy groups -OCH3 is 1. The van der Waals surface area contributed by atoms with Crippen LogP contribution in [0.1, 0.15) is 36.4 Å². The van der Waals surface area contributed by atoms with E-state index in [2.05, 4.69) is 10.1 Å². The molecule has 0 saturated carbocycles. The highest BCUT2D eigenvalue weighted by Crippen LogP contribution is 2.50. The Kier molecular flexibility index (Phi) is 10.4. The Balaban J connectivity index is 1.45. The van der Waals surface area contributed by atoms with Crippen molar-refractivity contribution in [2.75, 3.05) is 26.9 Å². The molecule has 0 saturated heterocycles. The number of ether oxygens (including phenoxy) is 3. The molecule has 220 valence electrons. The van der Waals surface area contributed by atoms with Gasteiger partial charge in [0.1, 0.15) is 24.7 Å². The first-order chi connectivity index (χ1) is 19.9. The molecule has 13 heteroatoms. The van der Waals surface area contributed by atoms with Gasteiger partial charge in [0.25, 0.3) is 5.89 Å². The van der Waals surface area contributed by atoms with Crippen LogP contribution in [-0.2, 0) is 33.4 Å². The summed E-state index contributed by atoms with van der Waals surface area (Å²) in [5, 5.41) is 13.7. The lowest BCUT2D eigenvalue weighted by molar-refractivity contribution is 0.229. The number of benzene rings is 1. The SMILES string of the molecule is CCOP(=O)(/C=C/c1cn(CCO)nc1OCc1ccc(OCc2nc(-c3ccco3)oc2C)c(OC)c1)OCC. The van der Waals surface area contributed by atoms with Crippen molar-refractivity contribution in [3.05, 3.63) is 71.2 Å². The largest absolute Gasteiger partial charge is 0.493 e. The van der Waals surface area contributed by atoms with E-state index in [1.165, 1.54) is 5.82 Å². The number of furan rings is 1. The van der Waals surface area contributed by atoms with E-state index < -0.39 is 7.60 Å². The lowest BCUT2D eigenvalue weighted by Gasteiger charge is -2.13. The fourth-order valence-electron chi connectivity index (χ4n) is 3.80. The number of nitrogens with zero attached hydrogens (tertiary/aromatic N) is 3. The maximum absolute atomic E-state index is 12.9. The maximum atomic E-state index is 12.9. The zero-order chi connectivity index (χ0) is 29.2.